The van der Waals surface area contributed by atoms with Gasteiger partial charge in [-0.1, -0.05) is 0 Å². The maximum absolute atomic E-state index is 10.5. The molecular weight excluding hydrogens is 154 g/mol. The van der Waals surface area contributed by atoms with Crippen LogP contribution in [-0.2, 0) is 0 Å². The molecule has 0 unspecified atom stereocenters. The average molecular weight is 160 g/mol. The highest BCUT2D eigenvalue weighted by Crippen LogP contribution is 2.13. The van der Waals surface area contributed by atoms with E-state index in [1.165, 1.54) is 0 Å². The largest absolute Gasteiger partial charge is 0.478 e. The van der Waals surface area contributed by atoms with Crippen molar-refractivity contribution in [2.45, 2.75) is 0 Å². The molecule has 2 rings (SSSR count). The van der Waals surface area contributed by atoms with E-state index in [9.17, 15) is 4.79 Å². The molecule has 59 valence electrons. The van der Waals surface area contributed by atoms with Crippen LogP contribution in [0.3, 0.4) is 0 Å². The lowest BCUT2D eigenvalue weighted by molar-refractivity contribution is 0.0697. The molecule has 0 spiro atoms. The fraction of sp³-hybridized carbons (Fsp3) is 0. The second-order valence-electron chi connectivity index (χ2n) is 2.50. The number of aromatic nitrogens is 1. The van der Waals surface area contributed by atoms with E-state index in [0.717, 1.165) is 10.9 Å². The van der Waals surface area contributed by atoms with E-state index in [-0.39, 0.29) is 0 Å². The van der Waals surface area contributed by atoms with Crippen LogP contribution in [0.25, 0.3) is 10.9 Å². The maximum atomic E-state index is 10.5. The summed E-state index contributed by atoms with van der Waals surface area (Å²) < 4.78 is 0. The number of carboxylic acids is 1. The standard InChI is InChI=1S/C9H6NO2/c11-9(12)7-1-2-8-6(5-7)3-4-10-8/h1-2,4-5,10H,(H,11,12). The second kappa shape index (κ2) is 2.37. The molecule has 2 N–H and O–H groups in total. The predicted octanol–water partition coefficient (Wildman–Crippen LogP) is 1.67. The van der Waals surface area contributed by atoms with Crippen LogP contribution in [-0.4, -0.2) is 16.1 Å². The summed E-state index contributed by atoms with van der Waals surface area (Å²) in [5.74, 6) is -0.911. The Kier molecular flexibility index (Phi) is 1.37. The lowest BCUT2D eigenvalue weighted by Gasteiger charge is -1.93. The number of nitrogens with one attached hydrogen (secondary N) is 1. The van der Waals surface area contributed by atoms with E-state index >= 15 is 0 Å². The summed E-state index contributed by atoms with van der Waals surface area (Å²) >= 11 is 0. The van der Waals surface area contributed by atoms with Crippen LogP contribution in [0.1, 0.15) is 10.4 Å². The normalized spacial score (nSPS) is 10.3. The molecule has 0 atom stereocenters. The number of carboxylic acid groups (broad SMARTS) is 1. The van der Waals surface area contributed by atoms with Crippen molar-refractivity contribution in [3.8, 4) is 0 Å². The highest BCUT2D eigenvalue weighted by molar-refractivity contribution is 5.93. The number of fused-ring (bicyclic) bond motifs is 1. The highest BCUT2D eigenvalue weighted by Gasteiger charge is 2.02. The Labute approximate surface area is 68.6 Å². The van der Waals surface area contributed by atoms with Crippen molar-refractivity contribution >= 4 is 16.9 Å². The van der Waals surface area contributed by atoms with E-state index < -0.39 is 5.97 Å². The average Bonchev–Trinajstić information content (AvgIpc) is 2.49. The van der Waals surface area contributed by atoms with Gasteiger partial charge in [0.15, 0.2) is 0 Å². The quantitative estimate of drug-likeness (QED) is 0.666. The molecule has 1 heterocycles. The molecule has 0 amide bonds. The predicted molar refractivity (Wildman–Crippen MR) is 44.1 cm³/mol. The smallest absolute Gasteiger partial charge is 0.335 e. The van der Waals surface area contributed by atoms with Crippen LogP contribution in [0, 0.1) is 6.07 Å². The van der Waals surface area contributed by atoms with Gasteiger partial charge in [0, 0.05) is 23.2 Å². The van der Waals surface area contributed by atoms with E-state index in [0.29, 0.717) is 5.56 Å². The van der Waals surface area contributed by atoms with E-state index in [1.807, 2.05) is 0 Å². The minimum absolute atomic E-state index is 0.290. The number of H-pyrrole nitrogens is 1. The topological polar surface area (TPSA) is 53.1 Å². The summed E-state index contributed by atoms with van der Waals surface area (Å²) in [6.07, 6.45) is 1.66. The minimum atomic E-state index is -0.911. The van der Waals surface area contributed by atoms with Crippen molar-refractivity contribution in [2.24, 2.45) is 0 Å². The number of rotatable bonds is 1. The molecule has 0 saturated carbocycles. The van der Waals surface area contributed by atoms with Gasteiger partial charge in [-0.15, -0.1) is 0 Å². The lowest BCUT2D eigenvalue weighted by atomic mass is 10.1. The summed E-state index contributed by atoms with van der Waals surface area (Å²) in [5.41, 5.74) is 1.19. The van der Waals surface area contributed by atoms with Crippen molar-refractivity contribution in [2.75, 3.05) is 0 Å². The summed E-state index contributed by atoms with van der Waals surface area (Å²) in [7, 11) is 0. The molecule has 0 aliphatic heterocycles. The molecule has 0 aliphatic carbocycles. The fourth-order valence-electron chi connectivity index (χ4n) is 1.11. The first kappa shape index (κ1) is 6.91. The highest BCUT2D eigenvalue weighted by atomic mass is 16.4. The Bertz CT molecular complexity index is 431. The van der Waals surface area contributed by atoms with Gasteiger partial charge in [-0.3, -0.25) is 0 Å². The first-order valence-corrected chi connectivity index (χ1v) is 3.49. The zero-order valence-electron chi connectivity index (χ0n) is 6.16. The molecule has 1 aromatic carbocycles. The van der Waals surface area contributed by atoms with Gasteiger partial charge >= 0.3 is 5.97 Å². The van der Waals surface area contributed by atoms with Crippen molar-refractivity contribution in [3.63, 3.8) is 0 Å². The molecule has 3 heteroatoms. The molecule has 0 fully saturated rings. The second-order valence-corrected chi connectivity index (χ2v) is 2.50. The SMILES string of the molecule is O=C(O)c1ccc2[nH]c[c]c2c1. The van der Waals surface area contributed by atoms with Gasteiger partial charge < -0.3 is 10.1 Å². The van der Waals surface area contributed by atoms with Crippen molar-refractivity contribution in [1.29, 1.82) is 0 Å². The summed E-state index contributed by atoms with van der Waals surface area (Å²) in [4.78, 5) is 13.5. The van der Waals surface area contributed by atoms with Crippen LogP contribution < -0.4 is 0 Å². The Morgan fingerprint density at radius 3 is 3.08 bits per heavy atom. The molecule has 2 aromatic rings. The van der Waals surface area contributed by atoms with Crippen LogP contribution in [0.15, 0.2) is 24.4 Å². The van der Waals surface area contributed by atoms with Crippen molar-refractivity contribution in [3.05, 3.63) is 36.0 Å². The van der Waals surface area contributed by atoms with Gasteiger partial charge in [-0.2, -0.15) is 0 Å². The van der Waals surface area contributed by atoms with E-state index in [1.54, 1.807) is 24.4 Å². The molecule has 12 heavy (non-hydrogen) atoms. The number of aromatic amines is 1. The molecule has 3 nitrogen and oxygen atoms in total. The van der Waals surface area contributed by atoms with E-state index in [2.05, 4.69) is 11.1 Å². The Hall–Kier alpha value is -1.77. The monoisotopic (exact) mass is 160 g/mol. The van der Waals surface area contributed by atoms with Gasteiger partial charge in [0.25, 0.3) is 0 Å². The zero-order valence-corrected chi connectivity index (χ0v) is 6.16. The van der Waals surface area contributed by atoms with Crippen LogP contribution in [0.4, 0.5) is 0 Å². The number of hydrogen-bond donors (Lipinski definition) is 2. The lowest BCUT2D eigenvalue weighted by Crippen LogP contribution is -1.94. The molecule has 1 radical (unpaired) electrons. The van der Waals surface area contributed by atoms with Gasteiger partial charge in [-0.25, -0.2) is 4.79 Å². The first-order chi connectivity index (χ1) is 5.77. The number of carbonyl (C=O) groups is 1. The van der Waals surface area contributed by atoms with Crippen molar-refractivity contribution in [1.82, 2.24) is 4.98 Å². The fourth-order valence-corrected chi connectivity index (χ4v) is 1.11. The maximum Gasteiger partial charge on any atom is 0.335 e. The Balaban J connectivity index is 2.68. The summed E-state index contributed by atoms with van der Waals surface area (Å²) in [6.45, 7) is 0. The molecule has 0 saturated heterocycles. The number of benzene rings is 1. The van der Waals surface area contributed by atoms with E-state index in [4.69, 9.17) is 5.11 Å². The molecule has 0 bridgehead atoms. The Morgan fingerprint density at radius 1 is 1.50 bits per heavy atom. The summed E-state index contributed by atoms with van der Waals surface area (Å²) in [6, 6.07) is 7.78. The molecule has 1 aromatic heterocycles. The third-order valence-corrected chi connectivity index (χ3v) is 1.72. The van der Waals surface area contributed by atoms with Crippen LogP contribution in [0.2, 0.25) is 0 Å². The number of hydrogen-bond acceptors (Lipinski definition) is 1. The molecular formula is C9H6NO2. The van der Waals surface area contributed by atoms with Gasteiger partial charge in [0.05, 0.1) is 5.56 Å². The molecule has 0 aliphatic rings. The third-order valence-electron chi connectivity index (χ3n) is 1.72. The van der Waals surface area contributed by atoms with Crippen molar-refractivity contribution < 1.29 is 9.90 Å². The Morgan fingerprint density at radius 2 is 2.33 bits per heavy atom. The van der Waals surface area contributed by atoms with Gasteiger partial charge in [0.1, 0.15) is 0 Å². The third kappa shape index (κ3) is 0.955. The van der Waals surface area contributed by atoms with Gasteiger partial charge in [-0.05, 0) is 18.2 Å². The minimum Gasteiger partial charge on any atom is -0.478 e. The zero-order chi connectivity index (χ0) is 8.55. The summed E-state index contributed by atoms with van der Waals surface area (Å²) in [5, 5.41) is 9.46. The first-order valence-electron chi connectivity index (χ1n) is 3.49. The number of aromatic carboxylic acids is 1. The van der Waals surface area contributed by atoms with Gasteiger partial charge in [0.2, 0.25) is 0 Å². The van der Waals surface area contributed by atoms with Crippen LogP contribution in [0.5, 0.6) is 0 Å². The van der Waals surface area contributed by atoms with Crippen LogP contribution >= 0.6 is 0 Å².